The van der Waals surface area contributed by atoms with E-state index >= 15 is 0 Å². The highest BCUT2D eigenvalue weighted by molar-refractivity contribution is 5.38. The normalized spacial score (nSPS) is 10.5. The molecule has 6 heteroatoms. The van der Waals surface area contributed by atoms with Gasteiger partial charge in [0.2, 0.25) is 5.88 Å². The number of methoxy groups -OCH3 is 2. The van der Waals surface area contributed by atoms with Crippen LogP contribution in [0.3, 0.4) is 0 Å². The van der Waals surface area contributed by atoms with E-state index in [-0.39, 0.29) is 0 Å². The third-order valence-corrected chi connectivity index (χ3v) is 2.38. The molecule has 1 heterocycles. The van der Waals surface area contributed by atoms with Crippen LogP contribution in [0.15, 0.2) is 6.07 Å². The molecule has 0 bridgehead atoms. The quantitative estimate of drug-likeness (QED) is 0.654. The smallest absolute Gasteiger partial charge is 0.218 e. The first-order chi connectivity index (χ1) is 9.30. The standard InChI is InChI=1S/C13H23N3O3/c1-4-5-7-19-13-9-11(14-6-8-17-2)15-12(16-13)10-18-3/h9H,4-8,10H2,1-3H3,(H,14,15,16). The van der Waals surface area contributed by atoms with E-state index in [0.717, 1.165) is 18.7 Å². The van der Waals surface area contributed by atoms with E-state index < -0.39 is 0 Å². The summed E-state index contributed by atoms with van der Waals surface area (Å²) in [4.78, 5) is 8.63. The van der Waals surface area contributed by atoms with Crippen LogP contribution in [0.4, 0.5) is 5.82 Å². The summed E-state index contributed by atoms with van der Waals surface area (Å²) in [6.45, 7) is 4.46. The van der Waals surface area contributed by atoms with Crippen LogP contribution >= 0.6 is 0 Å². The van der Waals surface area contributed by atoms with Gasteiger partial charge in [-0.05, 0) is 6.42 Å². The maximum atomic E-state index is 5.60. The second-order valence-electron chi connectivity index (χ2n) is 4.06. The number of unbranched alkanes of at least 4 members (excludes halogenated alkanes) is 1. The van der Waals surface area contributed by atoms with Gasteiger partial charge in [-0.2, -0.15) is 4.98 Å². The molecule has 6 nitrogen and oxygen atoms in total. The Morgan fingerprint density at radius 2 is 2.00 bits per heavy atom. The molecule has 0 aliphatic rings. The van der Waals surface area contributed by atoms with Gasteiger partial charge >= 0.3 is 0 Å². The van der Waals surface area contributed by atoms with Gasteiger partial charge in [-0.1, -0.05) is 13.3 Å². The Balaban J connectivity index is 2.66. The number of nitrogens with one attached hydrogen (secondary N) is 1. The topological polar surface area (TPSA) is 65.5 Å². The van der Waals surface area contributed by atoms with Crippen LogP contribution < -0.4 is 10.1 Å². The maximum absolute atomic E-state index is 5.60. The Morgan fingerprint density at radius 3 is 2.68 bits per heavy atom. The predicted molar refractivity (Wildman–Crippen MR) is 73.5 cm³/mol. The largest absolute Gasteiger partial charge is 0.478 e. The van der Waals surface area contributed by atoms with Crippen molar-refractivity contribution in [3.05, 3.63) is 11.9 Å². The molecule has 0 aliphatic heterocycles. The maximum Gasteiger partial charge on any atom is 0.218 e. The van der Waals surface area contributed by atoms with Crippen molar-refractivity contribution in [1.29, 1.82) is 0 Å². The van der Waals surface area contributed by atoms with Gasteiger partial charge < -0.3 is 19.5 Å². The third-order valence-electron chi connectivity index (χ3n) is 2.38. The molecule has 0 aliphatic carbocycles. The number of hydrogen-bond acceptors (Lipinski definition) is 6. The highest BCUT2D eigenvalue weighted by Gasteiger charge is 2.05. The van der Waals surface area contributed by atoms with Crippen LogP contribution in [-0.4, -0.2) is 43.9 Å². The molecule has 0 unspecified atom stereocenters. The molecular formula is C13H23N3O3. The lowest BCUT2D eigenvalue weighted by atomic mass is 10.4. The predicted octanol–water partition coefficient (Wildman–Crippen LogP) is 1.86. The van der Waals surface area contributed by atoms with Crippen molar-refractivity contribution >= 4 is 5.82 Å². The van der Waals surface area contributed by atoms with Gasteiger partial charge in [0.1, 0.15) is 12.4 Å². The molecule has 0 saturated heterocycles. The third kappa shape index (κ3) is 6.35. The average molecular weight is 269 g/mol. The summed E-state index contributed by atoms with van der Waals surface area (Å²) in [7, 11) is 3.28. The minimum absolute atomic E-state index is 0.365. The molecule has 1 rings (SSSR count). The molecule has 1 aromatic heterocycles. The van der Waals surface area contributed by atoms with E-state index in [4.69, 9.17) is 14.2 Å². The molecule has 1 aromatic rings. The first-order valence-corrected chi connectivity index (χ1v) is 6.52. The average Bonchev–Trinajstić information content (AvgIpc) is 2.40. The van der Waals surface area contributed by atoms with Crippen molar-refractivity contribution in [1.82, 2.24) is 9.97 Å². The van der Waals surface area contributed by atoms with E-state index in [1.807, 2.05) is 0 Å². The highest BCUT2D eigenvalue weighted by atomic mass is 16.5. The van der Waals surface area contributed by atoms with Crippen molar-refractivity contribution in [3.8, 4) is 5.88 Å². The molecule has 0 saturated carbocycles. The molecule has 0 atom stereocenters. The van der Waals surface area contributed by atoms with Crippen LogP contribution in [0.25, 0.3) is 0 Å². The zero-order valence-electron chi connectivity index (χ0n) is 11.9. The summed E-state index contributed by atoms with van der Waals surface area (Å²) in [6, 6.07) is 1.80. The minimum Gasteiger partial charge on any atom is -0.478 e. The van der Waals surface area contributed by atoms with Gasteiger partial charge in [0.15, 0.2) is 5.82 Å². The number of rotatable bonds is 10. The van der Waals surface area contributed by atoms with E-state index in [2.05, 4.69) is 22.2 Å². The zero-order valence-corrected chi connectivity index (χ0v) is 11.9. The monoisotopic (exact) mass is 269 g/mol. The van der Waals surface area contributed by atoms with Crippen LogP contribution in [0.5, 0.6) is 5.88 Å². The fraction of sp³-hybridized carbons (Fsp3) is 0.692. The SMILES string of the molecule is CCCCOc1cc(NCCOC)nc(COC)n1. The molecular weight excluding hydrogens is 246 g/mol. The second kappa shape index (κ2) is 9.52. The van der Waals surface area contributed by atoms with Crippen molar-refractivity contribution in [2.24, 2.45) is 0 Å². The van der Waals surface area contributed by atoms with Crippen molar-refractivity contribution < 1.29 is 14.2 Å². The number of aromatic nitrogens is 2. The van der Waals surface area contributed by atoms with Gasteiger partial charge in [0.05, 0.1) is 13.2 Å². The number of hydrogen-bond donors (Lipinski definition) is 1. The molecule has 19 heavy (non-hydrogen) atoms. The van der Waals surface area contributed by atoms with Gasteiger partial charge in [0.25, 0.3) is 0 Å². The Labute approximate surface area is 114 Å². The van der Waals surface area contributed by atoms with Crippen LogP contribution in [0, 0.1) is 0 Å². The first-order valence-electron chi connectivity index (χ1n) is 6.52. The van der Waals surface area contributed by atoms with Gasteiger partial charge in [-0.25, -0.2) is 4.98 Å². The zero-order chi connectivity index (χ0) is 13.9. The van der Waals surface area contributed by atoms with E-state index in [1.54, 1.807) is 20.3 Å². The summed E-state index contributed by atoms with van der Waals surface area (Å²) < 4.78 is 15.6. The number of anilines is 1. The Bertz CT molecular complexity index is 333. The van der Waals surface area contributed by atoms with Crippen LogP contribution in [0.1, 0.15) is 25.6 Å². The van der Waals surface area contributed by atoms with Crippen molar-refractivity contribution in [2.45, 2.75) is 26.4 Å². The molecule has 0 aromatic carbocycles. The lowest BCUT2D eigenvalue weighted by Crippen LogP contribution is -2.11. The number of ether oxygens (including phenoxy) is 3. The van der Waals surface area contributed by atoms with Gasteiger partial charge in [-0.15, -0.1) is 0 Å². The highest BCUT2D eigenvalue weighted by Crippen LogP contribution is 2.14. The molecule has 0 radical (unpaired) electrons. The minimum atomic E-state index is 0.365. The summed E-state index contributed by atoms with van der Waals surface area (Å²) in [5, 5.41) is 3.16. The van der Waals surface area contributed by atoms with E-state index in [9.17, 15) is 0 Å². The van der Waals surface area contributed by atoms with Gasteiger partial charge in [0, 0.05) is 26.8 Å². The van der Waals surface area contributed by atoms with E-state index in [1.165, 1.54) is 0 Å². The van der Waals surface area contributed by atoms with Crippen molar-refractivity contribution in [2.75, 3.05) is 39.3 Å². The fourth-order valence-corrected chi connectivity index (χ4v) is 1.43. The first kappa shape index (κ1) is 15.7. The van der Waals surface area contributed by atoms with Crippen LogP contribution in [-0.2, 0) is 16.1 Å². The molecule has 108 valence electrons. The lowest BCUT2D eigenvalue weighted by molar-refractivity contribution is 0.176. The summed E-state index contributed by atoms with van der Waals surface area (Å²) >= 11 is 0. The second-order valence-corrected chi connectivity index (χ2v) is 4.06. The Morgan fingerprint density at radius 1 is 1.16 bits per heavy atom. The van der Waals surface area contributed by atoms with E-state index in [0.29, 0.717) is 38.1 Å². The summed E-state index contributed by atoms with van der Waals surface area (Å²) in [5.41, 5.74) is 0. The Hall–Kier alpha value is -1.40. The number of nitrogens with zero attached hydrogens (tertiary/aromatic N) is 2. The molecule has 0 amide bonds. The Kier molecular flexibility index (Phi) is 7.84. The molecule has 0 fully saturated rings. The summed E-state index contributed by atoms with van der Waals surface area (Å²) in [5.74, 6) is 1.91. The molecule has 0 spiro atoms. The van der Waals surface area contributed by atoms with Gasteiger partial charge in [-0.3, -0.25) is 0 Å². The fourth-order valence-electron chi connectivity index (χ4n) is 1.43. The van der Waals surface area contributed by atoms with Crippen LogP contribution in [0.2, 0.25) is 0 Å². The lowest BCUT2D eigenvalue weighted by Gasteiger charge is -2.10. The van der Waals surface area contributed by atoms with Crippen molar-refractivity contribution in [3.63, 3.8) is 0 Å². The summed E-state index contributed by atoms with van der Waals surface area (Å²) in [6.07, 6.45) is 2.10. The molecule has 1 N–H and O–H groups in total.